The summed E-state index contributed by atoms with van der Waals surface area (Å²) in [4.78, 5) is 29.3. The summed E-state index contributed by atoms with van der Waals surface area (Å²) in [7, 11) is 0. The van der Waals surface area contributed by atoms with Gasteiger partial charge in [0.05, 0.1) is 18.0 Å². The van der Waals surface area contributed by atoms with Crippen LogP contribution in [0.5, 0.6) is 0 Å². The highest BCUT2D eigenvalue weighted by atomic mass is 35.5. The van der Waals surface area contributed by atoms with Crippen LogP contribution in [0.2, 0.25) is 5.02 Å². The number of halogens is 1. The SMILES string of the molecule is Cc1ccc(N2C(=O)CSC23C(=O)N(Cc2ccc(Cl)cc2)c2ccccc23)cc1. The second kappa shape index (κ2) is 7.18. The van der Waals surface area contributed by atoms with Gasteiger partial charge in [0.25, 0.3) is 5.91 Å². The van der Waals surface area contributed by atoms with Crippen LogP contribution in [-0.2, 0) is 21.0 Å². The molecule has 0 bridgehead atoms. The number of carbonyl (C=O) groups excluding carboxylic acids is 2. The van der Waals surface area contributed by atoms with Crippen molar-refractivity contribution in [3.63, 3.8) is 0 Å². The van der Waals surface area contributed by atoms with Gasteiger partial charge in [-0.1, -0.05) is 59.6 Å². The molecule has 2 amide bonds. The normalized spacial score (nSPS) is 20.3. The average molecular weight is 435 g/mol. The van der Waals surface area contributed by atoms with Crippen molar-refractivity contribution in [3.8, 4) is 0 Å². The highest BCUT2D eigenvalue weighted by Crippen LogP contribution is 2.55. The van der Waals surface area contributed by atoms with Crippen LogP contribution < -0.4 is 9.80 Å². The molecule has 0 radical (unpaired) electrons. The number of nitrogens with zero attached hydrogens (tertiary/aromatic N) is 2. The Kier molecular flexibility index (Phi) is 4.60. The predicted octanol–water partition coefficient (Wildman–Crippen LogP) is 5.13. The number of anilines is 2. The monoisotopic (exact) mass is 434 g/mol. The summed E-state index contributed by atoms with van der Waals surface area (Å²) in [5.41, 5.74) is 4.54. The molecule has 0 aromatic heterocycles. The fraction of sp³-hybridized carbons (Fsp3) is 0.167. The van der Waals surface area contributed by atoms with Gasteiger partial charge in [0.2, 0.25) is 10.8 Å². The second-order valence-corrected chi connectivity index (χ2v) is 9.14. The van der Waals surface area contributed by atoms with Crippen LogP contribution in [0, 0.1) is 6.92 Å². The average Bonchev–Trinajstić information content (AvgIpc) is 3.22. The first-order chi connectivity index (χ1) is 14.5. The molecule has 3 aromatic carbocycles. The molecule has 2 heterocycles. The van der Waals surface area contributed by atoms with Crippen molar-refractivity contribution >= 4 is 46.6 Å². The maximum absolute atomic E-state index is 13.9. The lowest BCUT2D eigenvalue weighted by atomic mass is 10.0. The van der Waals surface area contributed by atoms with Gasteiger partial charge >= 0.3 is 0 Å². The summed E-state index contributed by atoms with van der Waals surface area (Å²) in [5, 5.41) is 0.658. The van der Waals surface area contributed by atoms with Crippen LogP contribution in [0.15, 0.2) is 72.8 Å². The number of amides is 2. The second-order valence-electron chi connectivity index (χ2n) is 7.53. The maximum atomic E-state index is 13.9. The van der Waals surface area contributed by atoms with E-state index in [2.05, 4.69) is 0 Å². The number of para-hydroxylation sites is 1. The Labute approximate surface area is 184 Å². The molecule has 4 nitrogen and oxygen atoms in total. The van der Waals surface area contributed by atoms with Gasteiger partial charge in [-0.2, -0.15) is 0 Å². The van der Waals surface area contributed by atoms with Crippen LogP contribution in [0.1, 0.15) is 16.7 Å². The largest absolute Gasteiger partial charge is 0.304 e. The van der Waals surface area contributed by atoms with Crippen LogP contribution in [0.25, 0.3) is 0 Å². The molecule has 6 heteroatoms. The Hall–Kier alpha value is -2.76. The van der Waals surface area contributed by atoms with E-state index >= 15 is 0 Å². The molecule has 0 saturated carbocycles. The molecule has 2 aliphatic rings. The Bertz CT molecular complexity index is 1150. The van der Waals surface area contributed by atoms with Crippen molar-refractivity contribution < 1.29 is 9.59 Å². The molecule has 30 heavy (non-hydrogen) atoms. The lowest BCUT2D eigenvalue weighted by molar-refractivity contribution is -0.123. The minimum absolute atomic E-state index is 0.0552. The van der Waals surface area contributed by atoms with E-state index in [9.17, 15) is 9.59 Å². The molecule has 1 spiro atoms. The number of carbonyl (C=O) groups is 2. The smallest absolute Gasteiger partial charge is 0.269 e. The molecular formula is C24H19ClN2O2S. The quantitative estimate of drug-likeness (QED) is 0.574. The third-order valence-electron chi connectivity index (χ3n) is 5.61. The van der Waals surface area contributed by atoms with E-state index in [-0.39, 0.29) is 17.6 Å². The van der Waals surface area contributed by atoms with Gasteiger partial charge in [-0.15, -0.1) is 11.8 Å². The highest BCUT2D eigenvalue weighted by molar-refractivity contribution is 8.02. The van der Waals surface area contributed by atoms with E-state index in [1.54, 1.807) is 9.80 Å². The fourth-order valence-corrected chi connectivity index (χ4v) is 5.66. The summed E-state index contributed by atoms with van der Waals surface area (Å²) < 4.78 is 0. The van der Waals surface area contributed by atoms with Gasteiger partial charge in [-0.05, 0) is 42.8 Å². The van der Waals surface area contributed by atoms with Gasteiger partial charge in [0.1, 0.15) is 0 Å². The van der Waals surface area contributed by atoms with Crippen LogP contribution in [0.3, 0.4) is 0 Å². The zero-order valence-corrected chi connectivity index (χ0v) is 17.9. The Morgan fingerprint density at radius 1 is 0.967 bits per heavy atom. The van der Waals surface area contributed by atoms with E-state index in [1.165, 1.54) is 11.8 Å². The van der Waals surface area contributed by atoms with Crippen molar-refractivity contribution in [2.24, 2.45) is 0 Å². The van der Waals surface area contributed by atoms with E-state index < -0.39 is 4.87 Å². The molecule has 0 aliphatic carbocycles. The first-order valence-electron chi connectivity index (χ1n) is 9.70. The number of aryl methyl sites for hydroxylation is 1. The molecule has 5 rings (SSSR count). The highest BCUT2D eigenvalue weighted by Gasteiger charge is 2.60. The third-order valence-corrected chi connectivity index (χ3v) is 7.25. The van der Waals surface area contributed by atoms with Gasteiger partial charge in [0.15, 0.2) is 0 Å². The Morgan fingerprint density at radius 2 is 1.67 bits per heavy atom. The molecule has 1 saturated heterocycles. The molecule has 150 valence electrons. The minimum Gasteiger partial charge on any atom is -0.304 e. The van der Waals surface area contributed by atoms with E-state index in [0.717, 1.165) is 28.1 Å². The molecular weight excluding hydrogens is 416 g/mol. The van der Waals surface area contributed by atoms with Crippen molar-refractivity contribution in [1.82, 2.24) is 0 Å². The maximum Gasteiger partial charge on any atom is 0.269 e. The summed E-state index contributed by atoms with van der Waals surface area (Å²) in [5.74, 6) is 0.123. The first kappa shape index (κ1) is 19.2. The van der Waals surface area contributed by atoms with Gasteiger partial charge in [0, 0.05) is 16.3 Å². The summed E-state index contributed by atoms with van der Waals surface area (Å²) in [6, 6.07) is 23.0. The lowest BCUT2D eigenvalue weighted by Crippen LogP contribution is -2.49. The standard InChI is InChI=1S/C24H19ClN2O2S/c1-16-6-12-19(13-7-16)27-22(28)15-30-24(27)20-4-2-3-5-21(20)26(23(24)29)14-17-8-10-18(25)11-9-17/h2-13H,14-15H2,1H3. The molecule has 2 aliphatic heterocycles. The number of hydrogen-bond donors (Lipinski definition) is 0. The molecule has 1 atom stereocenters. The van der Waals surface area contributed by atoms with Crippen molar-refractivity contribution in [3.05, 3.63) is 94.5 Å². The summed E-state index contributed by atoms with van der Waals surface area (Å²) in [6.45, 7) is 2.43. The zero-order chi connectivity index (χ0) is 20.9. The van der Waals surface area contributed by atoms with Gasteiger partial charge in [-0.25, -0.2) is 0 Å². The van der Waals surface area contributed by atoms with Crippen molar-refractivity contribution in [2.45, 2.75) is 18.3 Å². The third kappa shape index (κ3) is 2.84. The van der Waals surface area contributed by atoms with E-state index in [0.29, 0.717) is 11.6 Å². The Morgan fingerprint density at radius 3 is 2.40 bits per heavy atom. The number of rotatable bonds is 3. The van der Waals surface area contributed by atoms with Gasteiger partial charge in [-0.3, -0.25) is 14.5 Å². The van der Waals surface area contributed by atoms with Crippen molar-refractivity contribution in [1.29, 1.82) is 0 Å². The zero-order valence-electron chi connectivity index (χ0n) is 16.3. The fourth-order valence-electron chi connectivity index (χ4n) is 4.18. The number of fused-ring (bicyclic) bond motifs is 2. The van der Waals surface area contributed by atoms with Crippen molar-refractivity contribution in [2.75, 3.05) is 15.6 Å². The van der Waals surface area contributed by atoms with E-state index in [4.69, 9.17) is 11.6 Å². The Balaban J connectivity index is 1.62. The van der Waals surface area contributed by atoms with Crippen LogP contribution >= 0.6 is 23.4 Å². The molecule has 1 unspecified atom stereocenters. The minimum atomic E-state index is -1.07. The number of benzene rings is 3. The summed E-state index contributed by atoms with van der Waals surface area (Å²) in [6.07, 6.45) is 0. The number of hydrogen-bond acceptors (Lipinski definition) is 3. The topological polar surface area (TPSA) is 40.6 Å². The van der Waals surface area contributed by atoms with Gasteiger partial charge < -0.3 is 4.90 Å². The molecule has 3 aromatic rings. The summed E-state index contributed by atoms with van der Waals surface area (Å²) >= 11 is 7.42. The lowest BCUT2D eigenvalue weighted by Gasteiger charge is -2.33. The molecule has 0 N–H and O–H groups in total. The predicted molar refractivity (Wildman–Crippen MR) is 122 cm³/mol. The molecule has 1 fully saturated rings. The first-order valence-corrected chi connectivity index (χ1v) is 11.1. The van der Waals surface area contributed by atoms with Crippen LogP contribution in [-0.4, -0.2) is 17.6 Å². The number of thioether (sulfide) groups is 1. The van der Waals surface area contributed by atoms with E-state index in [1.807, 2.05) is 79.7 Å². The van der Waals surface area contributed by atoms with Crippen LogP contribution in [0.4, 0.5) is 11.4 Å².